The third-order valence-electron chi connectivity index (χ3n) is 2.35. The van der Waals surface area contributed by atoms with Gasteiger partial charge >= 0.3 is 0 Å². The summed E-state index contributed by atoms with van der Waals surface area (Å²) in [6.07, 6.45) is 0. The van der Waals surface area contributed by atoms with Gasteiger partial charge in [0.15, 0.2) is 5.82 Å². The van der Waals surface area contributed by atoms with Gasteiger partial charge < -0.3 is 10.3 Å². The number of nitrogen functional groups attached to an aromatic ring is 1. The lowest BCUT2D eigenvalue weighted by Gasteiger charge is -1.98. The zero-order chi connectivity index (χ0) is 13.9. The number of rotatable bonds is 4. The Morgan fingerprint density at radius 3 is 2.90 bits per heavy atom. The molecule has 0 radical (unpaired) electrons. The number of thioether (sulfide) groups is 1. The van der Waals surface area contributed by atoms with E-state index in [0.717, 1.165) is 4.90 Å². The average Bonchev–Trinajstić information content (AvgIpc) is 3.05. The third-order valence-corrected chi connectivity index (χ3v) is 3.57. The zero-order valence-electron chi connectivity index (χ0n) is 9.99. The number of benzene rings is 1. The molecule has 9 heteroatoms. The number of aromatic nitrogens is 4. The summed E-state index contributed by atoms with van der Waals surface area (Å²) in [5.41, 5.74) is 5.80. The molecule has 0 aliphatic heterocycles. The van der Waals surface area contributed by atoms with E-state index in [-0.39, 0.29) is 17.4 Å². The fourth-order valence-corrected chi connectivity index (χ4v) is 2.51. The maximum atomic E-state index is 5.91. The third kappa shape index (κ3) is 2.75. The number of hydrogen-bond acceptors (Lipinski definition) is 8. The summed E-state index contributed by atoms with van der Waals surface area (Å²) in [6.45, 7) is 0. The normalized spacial score (nSPS) is 10.8. The van der Waals surface area contributed by atoms with Crippen molar-refractivity contribution in [3.63, 3.8) is 0 Å². The SMILES string of the molecule is Nc1nonc1-c1nc(CSc2cccc(Cl)c2)no1. The highest BCUT2D eigenvalue weighted by molar-refractivity contribution is 7.98. The minimum atomic E-state index is 0.114. The van der Waals surface area contributed by atoms with Crippen molar-refractivity contribution >= 4 is 29.2 Å². The van der Waals surface area contributed by atoms with E-state index in [9.17, 15) is 0 Å². The van der Waals surface area contributed by atoms with Crippen molar-refractivity contribution in [3.8, 4) is 11.6 Å². The maximum absolute atomic E-state index is 5.91. The van der Waals surface area contributed by atoms with Gasteiger partial charge in [0.05, 0.1) is 5.75 Å². The lowest BCUT2D eigenvalue weighted by atomic mass is 10.4. The molecule has 0 fully saturated rings. The summed E-state index contributed by atoms with van der Waals surface area (Å²) in [5, 5.41) is 11.6. The Morgan fingerprint density at radius 1 is 1.25 bits per heavy atom. The van der Waals surface area contributed by atoms with Crippen LogP contribution in [0, 0.1) is 0 Å². The van der Waals surface area contributed by atoms with E-state index in [4.69, 9.17) is 21.9 Å². The first-order chi connectivity index (χ1) is 9.72. The Hall–Kier alpha value is -2.06. The quantitative estimate of drug-likeness (QED) is 0.733. The topological polar surface area (TPSA) is 104 Å². The second kappa shape index (κ2) is 5.51. The maximum Gasteiger partial charge on any atom is 0.284 e. The van der Waals surface area contributed by atoms with Crippen LogP contribution in [0.4, 0.5) is 5.82 Å². The molecule has 0 spiro atoms. The Labute approximate surface area is 122 Å². The molecule has 0 bridgehead atoms. The van der Waals surface area contributed by atoms with E-state index < -0.39 is 0 Å². The molecule has 3 aromatic rings. The summed E-state index contributed by atoms with van der Waals surface area (Å²) in [4.78, 5) is 5.20. The van der Waals surface area contributed by atoms with Gasteiger partial charge in [-0.25, -0.2) is 4.63 Å². The molecule has 2 N–H and O–H groups in total. The minimum Gasteiger partial charge on any atom is -0.379 e. The number of anilines is 1. The molecule has 3 rings (SSSR count). The fraction of sp³-hybridized carbons (Fsp3) is 0.0909. The first-order valence-corrected chi connectivity index (χ1v) is 6.88. The van der Waals surface area contributed by atoms with E-state index in [2.05, 4.69) is 25.1 Å². The van der Waals surface area contributed by atoms with Gasteiger partial charge in [-0.2, -0.15) is 4.98 Å². The molecule has 7 nitrogen and oxygen atoms in total. The van der Waals surface area contributed by atoms with Gasteiger partial charge in [0.2, 0.25) is 11.5 Å². The van der Waals surface area contributed by atoms with Crippen LogP contribution in [0.3, 0.4) is 0 Å². The predicted octanol–water partition coefficient (Wildman–Crippen LogP) is 2.65. The molecule has 2 heterocycles. The van der Waals surface area contributed by atoms with Crippen molar-refractivity contribution in [2.24, 2.45) is 0 Å². The predicted molar refractivity (Wildman–Crippen MR) is 73.0 cm³/mol. The van der Waals surface area contributed by atoms with Crippen LogP contribution in [0.25, 0.3) is 11.6 Å². The highest BCUT2D eigenvalue weighted by atomic mass is 35.5. The number of halogens is 1. The average molecular weight is 310 g/mol. The summed E-state index contributed by atoms with van der Waals surface area (Å²) in [7, 11) is 0. The van der Waals surface area contributed by atoms with Crippen LogP contribution in [0.2, 0.25) is 5.02 Å². The molecule has 0 atom stereocenters. The molecule has 0 aliphatic rings. The largest absolute Gasteiger partial charge is 0.379 e. The highest BCUT2D eigenvalue weighted by Crippen LogP contribution is 2.26. The molecule has 20 heavy (non-hydrogen) atoms. The van der Waals surface area contributed by atoms with Gasteiger partial charge in [-0.15, -0.1) is 11.8 Å². The van der Waals surface area contributed by atoms with E-state index in [1.54, 1.807) is 11.8 Å². The van der Waals surface area contributed by atoms with Crippen LogP contribution in [-0.2, 0) is 5.75 Å². The Morgan fingerprint density at radius 2 is 2.15 bits per heavy atom. The van der Waals surface area contributed by atoms with Gasteiger partial charge in [0.1, 0.15) is 0 Å². The molecule has 0 unspecified atom stereocenters. The molecule has 1 aromatic carbocycles. The molecule has 0 amide bonds. The van der Waals surface area contributed by atoms with Crippen molar-refractivity contribution in [1.82, 2.24) is 20.5 Å². The molecule has 2 aromatic heterocycles. The smallest absolute Gasteiger partial charge is 0.284 e. The molecule has 0 aliphatic carbocycles. The highest BCUT2D eigenvalue weighted by Gasteiger charge is 2.17. The molecule has 102 valence electrons. The first kappa shape index (κ1) is 12.9. The minimum absolute atomic E-state index is 0.114. The van der Waals surface area contributed by atoms with Crippen LogP contribution in [0.5, 0.6) is 0 Å². The summed E-state index contributed by atoms with van der Waals surface area (Å²) in [6, 6.07) is 7.52. The lowest BCUT2D eigenvalue weighted by molar-refractivity contribution is 0.308. The monoisotopic (exact) mass is 309 g/mol. The van der Waals surface area contributed by atoms with Gasteiger partial charge in [0, 0.05) is 9.92 Å². The van der Waals surface area contributed by atoms with E-state index >= 15 is 0 Å². The fourth-order valence-electron chi connectivity index (χ4n) is 1.46. The van der Waals surface area contributed by atoms with Crippen LogP contribution in [-0.4, -0.2) is 20.5 Å². The molecular formula is C11H8ClN5O2S. The Bertz CT molecular complexity index is 729. The summed E-state index contributed by atoms with van der Waals surface area (Å²) < 4.78 is 9.54. The second-order valence-electron chi connectivity index (χ2n) is 3.76. The van der Waals surface area contributed by atoms with Crippen LogP contribution in [0.1, 0.15) is 5.82 Å². The van der Waals surface area contributed by atoms with Crippen molar-refractivity contribution in [3.05, 3.63) is 35.1 Å². The van der Waals surface area contributed by atoms with E-state index in [1.807, 2.05) is 24.3 Å². The zero-order valence-corrected chi connectivity index (χ0v) is 11.6. The molecular weight excluding hydrogens is 302 g/mol. The van der Waals surface area contributed by atoms with Gasteiger partial charge in [-0.1, -0.05) is 22.8 Å². The summed E-state index contributed by atoms with van der Waals surface area (Å²) in [5.74, 6) is 1.36. The van der Waals surface area contributed by atoms with Crippen molar-refractivity contribution in [2.45, 2.75) is 10.6 Å². The summed E-state index contributed by atoms with van der Waals surface area (Å²) >= 11 is 7.46. The molecule has 0 saturated carbocycles. The Balaban J connectivity index is 1.70. The van der Waals surface area contributed by atoms with Crippen molar-refractivity contribution in [1.29, 1.82) is 0 Å². The van der Waals surface area contributed by atoms with Gasteiger partial charge in [-0.3, -0.25) is 0 Å². The van der Waals surface area contributed by atoms with Gasteiger partial charge in [0.25, 0.3) is 5.89 Å². The Kier molecular flexibility index (Phi) is 3.57. The van der Waals surface area contributed by atoms with Crippen molar-refractivity contribution < 1.29 is 9.15 Å². The lowest BCUT2D eigenvalue weighted by Crippen LogP contribution is -1.89. The first-order valence-electron chi connectivity index (χ1n) is 5.52. The number of nitrogens with zero attached hydrogens (tertiary/aromatic N) is 4. The number of hydrogen-bond donors (Lipinski definition) is 1. The van der Waals surface area contributed by atoms with Crippen molar-refractivity contribution in [2.75, 3.05) is 5.73 Å². The van der Waals surface area contributed by atoms with E-state index in [1.165, 1.54) is 0 Å². The van der Waals surface area contributed by atoms with Crippen LogP contribution < -0.4 is 5.73 Å². The standard InChI is InChI=1S/C11H8ClN5O2S/c12-6-2-1-3-7(4-6)20-5-8-14-11(18-15-8)9-10(13)17-19-16-9/h1-4H,5H2,(H2,13,17). The van der Waals surface area contributed by atoms with Crippen LogP contribution in [0.15, 0.2) is 38.3 Å². The van der Waals surface area contributed by atoms with E-state index in [0.29, 0.717) is 16.6 Å². The number of nitrogens with two attached hydrogens (primary N) is 1. The second-order valence-corrected chi connectivity index (χ2v) is 5.25. The van der Waals surface area contributed by atoms with Crippen LogP contribution >= 0.6 is 23.4 Å². The van der Waals surface area contributed by atoms with Gasteiger partial charge in [-0.05, 0) is 28.5 Å². The molecule has 0 saturated heterocycles.